The van der Waals surface area contributed by atoms with E-state index in [0.29, 0.717) is 12.0 Å². The second-order valence-electron chi connectivity index (χ2n) is 11.0. The minimum absolute atomic E-state index is 0.0243. The predicted molar refractivity (Wildman–Crippen MR) is 149 cm³/mol. The second kappa shape index (κ2) is 10.3. The van der Waals surface area contributed by atoms with Gasteiger partial charge in [-0.3, -0.25) is 24.7 Å². The molecule has 6 rings (SSSR count). The van der Waals surface area contributed by atoms with Crippen molar-refractivity contribution in [2.45, 2.75) is 37.8 Å². The van der Waals surface area contributed by atoms with E-state index in [1.54, 1.807) is 17.0 Å². The van der Waals surface area contributed by atoms with Crippen LogP contribution in [0.2, 0.25) is 0 Å². The van der Waals surface area contributed by atoms with Crippen LogP contribution >= 0.6 is 0 Å². The molecule has 206 valence electrons. The molecule has 40 heavy (non-hydrogen) atoms. The van der Waals surface area contributed by atoms with Gasteiger partial charge in [0.15, 0.2) is 5.54 Å². The van der Waals surface area contributed by atoms with Crippen LogP contribution in [0.4, 0.5) is 4.79 Å². The van der Waals surface area contributed by atoms with Crippen molar-refractivity contribution in [2.75, 3.05) is 26.2 Å². The van der Waals surface area contributed by atoms with E-state index in [1.807, 2.05) is 37.3 Å². The number of imide groups is 1. The maximum absolute atomic E-state index is 13.3. The van der Waals surface area contributed by atoms with Crippen LogP contribution in [-0.2, 0) is 16.0 Å². The van der Waals surface area contributed by atoms with Gasteiger partial charge >= 0.3 is 6.03 Å². The molecule has 0 saturated carbocycles. The SMILES string of the molecule is Cc1cc(Cc2ccc(C(=O)NC3CN(C(=O)C4CCNCC4)CC34NC(=O)NC4=O)cc2)c2ccccc2n1. The Morgan fingerprint density at radius 3 is 2.55 bits per heavy atom. The summed E-state index contributed by atoms with van der Waals surface area (Å²) in [5.41, 5.74) is 3.15. The summed E-state index contributed by atoms with van der Waals surface area (Å²) >= 11 is 0. The van der Waals surface area contributed by atoms with Crippen LogP contribution in [0, 0.1) is 12.8 Å². The first-order valence-corrected chi connectivity index (χ1v) is 13.7. The Bertz CT molecular complexity index is 1500. The Morgan fingerprint density at radius 2 is 1.82 bits per heavy atom. The average Bonchev–Trinajstić information content (AvgIpc) is 3.46. The Balaban J connectivity index is 1.18. The lowest BCUT2D eigenvalue weighted by Crippen LogP contribution is -2.62. The summed E-state index contributed by atoms with van der Waals surface area (Å²) in [6.45, 7) is 3.68. The number of pyridine rings is 1. The highest BCUT2D eigenvalue weighted by Crippen LogP contribution is 2.29. The zero-order chi connectivity index (χ0) is 27.9. The number of aromatic nitrogens is 1. The molecule has 5 amide bonds. The van der Waals surface area contributed by atoms with Crippen LogP contribution in [0.25, 0.3) is 10.9 Å². The van der Waals surface area contributed by atoms with Gasteiger partial charge in [0, 0.05) is 29.1 Å². The van der Waals surface area contributed by atoms with E-state index in [2.05, 4.69) is 38.4 Å². The third-order valence-corrected chi connectivity index (χ3v) is 8.25. The van der Waals surface area contributed by atoms with Crippen LogP contribution in [0.3, 0.4) is 0 Å². The molecule has 10 heteroatoms. The van der Waals surface area contributed by atoms with Gasteiger partial charge in [0.1, 0.15) is 0 Å². The maximum atomic E-state index is 13.3. The number of carbonyl (C=O) groups is 4. The number of benzene rings is 2. The largest absolute Gasteiger partial charge is 0.345 e. The zero-order valence-corrected chi connectivity index (χ0v) is 22.3. The van der Waals surface area contributed by atoms with Crippen molar-refractivity contribution in [3.63, 3.8) is 0 Å². The van der Waals surface area contributed by atoms with Crippen LogP contribution in [0.1, 0.15) is 40.0 Å². The van der Waals surface area contributed by atoms with Gasteiger partial charge in [0.2, 0.25) is 5.91 Å². The summed E-state index contributed by atoms with van der Waals surface area (Å²) in [4.78, 5) is 57.8. The molecule has 2 unspecified atom stereocenters. The number of hydrogen-bond donors (Lipinski definition) is 4. The quantitative estimate of drug-likeness (QED) is 0.364. The lowest BCUT2D eigenvalue weighted by atomic mass is 9.93. The Hall–Kier alpha value is -4.31. The lowest BCUT2D eigenvalue weighted by molar-refractivity contribution is -0.135. The first-order valence-electron chi connectivity index (χ1n) is 13.7. The molecule has 2 atom stereocenters. The molecule has 1 spiro atoms. The first kappa shape index (κ1) is 25.9. The third-order valence-electron chi connectivity index (χ3n) is 8.25. The highest BCUT2D eigenvalue weighted by molar-refractivity contribution is 6.09. The van der Waals surface area contributed by atoms with Crippen molar-refractivity contribution >= 4 is 34.7 Å². The van der Waals surface area contributed by atoms with E-state index in [1.165, 1.54) is 0 Å². The molecule has 3 aromatic rings. The highest BCUT2D eigenvalue weighted by atomic mass is 16.2. The number of urea groups is 1. The highest BCUT2D eigenvalue weighted by Gasteiger charge is 2.59. The predicted octanol–water partition coefficient (Wildman–Crippen LogP) is 1.65. The molecule has 0 aliphatic carbocycles. The fourth-order valence-corrected chi connectivity index (χ4v) is 6.15. The fourth-order valence-electron chi connectivity index (χ4n) is 6.15. The number of piperidine rings is 1. The molecule has 3 aliphatic heterocycles. The van der Waals surface area contributed by atoms with Crippen molar-refractivity contribution in [3.05, 3.63) is 77.0 Å². The van der Waals surface area contributed by atoms with Crippen molar-refractivity contribution in [3.8, 4) is 0 Å². The van der Waals surface area contributed by atoms with E-state index in [4.69, 9.17) is 0 Å². The van der Waals surface area contributed by atoms with E-state index in [-0.39, 0.29) is 30.8 Å². The number of hydrogen-bond acceptors (Lipinski definition) is 6. The summed E-state index contributed by atoms with van der Waals surface area (Å²) in [5, 5.41) is 12.3. The summed E-state index contributed by atoms with van der Waals surface area (Å²) in [6, 6.07) is 16.1. The van der Waals surface area contributed by atoms with Gasteiger partial charge in [-0.15, -0.1) is 0 Å². The molecule has 2 aromatic carbocycles. The standard InChI is InChI=1S/C30H32N6O4/c1-18-14-22(23-4-2-3-5-24(23)32-18)15-19-6-8-20(9-7-19)26(37)33-25-16-36(27(38)21-10-12-31-13-11-21)17-30(25)28(39)34-29(40)35-30/h2-9,14,21,25,31H,10-13,15-17H2,1H3,(H,33,37)(H2,34,35,39,40). The van der Waals surface area contributed by atoms with E-state index in [9.17, 15) is 19.2 Å². The molecule has 0 radical (unpaired) electrons. The normalized spacial score (nSPS) is 22.9. The van der Waals surface area contributed by atoms with Crippen molar-refractivity contribution in [2.24, 2.45) is 5.92 Å². The molecule has 0 bridgehead atoms. The second-order valence-corrected chi connectivity index (χ2v) is 11.0. The van der Waals surface area contributed by atoms with Crippen LogP contribution in [-0.4, -0.2) is 71.4 Å². The van der Waals surface area contributed by atoms with Gasteiger partial charge in [0.05, 0.1) is 18.1 Å². The minimum Gasteiger partial charge on any atom is -0.345 e. The van der Waals surface area contributed by atoms with Gasteiger partial charge in [-0.25, -0.2) is 4.79 Å². The van der Waals surface area contributed by atoms with Gasteiger partial charge in [-0.2, -0.15) is 0 Å². The molecule has 3 aliphatic rings. The summed E-state index contributed by atoms with van der Waals surface area (Å²) in [7, 11) is 0. The minimum atomic E-state index is -1.39. The Morgan fingerprint density at radius 1 is 1.07 bits per heavy atom. The molecule has 3 fully saturated rings. The van der Waals surface area contributed by atoms with Crippen molar-refractivity contribution in [1.29, 1.82) is 0 Å². The topological polar surface area (TPSA) is 133 Å². The Labute approximate surface area is 231 Å². The van der Waals surface area contributed by atoms with Crippen LogP contribution < -0.4 is 21.3 Å². The number of likely N-dealkylation sites (tertiary alicyclic amines) is 1. The van der Waals surface area contributed by atoms with Crippen molar-refractivity contribution in [1.82, 2.24) is 31.2 Å². The van der Waals surface area contributed by atoms with E-state index in [0.717, 1.165) is 53.7 Å². The van der Waals surface area contributed by atoms with Crippen LogP contribution in [0.15, 0.2) is 54.6 Å². The zero-order valence-electron chi connectivity index (χ0n) is 22.3. The smallest absolute Gasteiger partial charge is 0.322 e. The first-order chi connectivity index (χ1) is 19.3. The number of fused-ring (bicyclic) bond motifs is 1. The van der Waals surface area contributed by atoms with Gasteiger partial charge in [-0.1, -0.05) is 30.3 Å². The number of rotatable bonds is 5. The average molecular weight is 541 g/mol. The lowest BCUT2D eigenvalue weighted by Gasteiger charge is -2.28. The van der Waals surface area contributed by atoms with E-state index >= 15 is 0 Å². The number of aryl methyl sites for hydroxylation is 1. The number of carbonyl (C=O) groups excluding carboxylic acids is 4. The molecule has 4 heterocycles. The van der Waals surface area contributed by atoms with Gasteiger partial charge in [0.25, 0.3) is 11.8 Å². The summed E-state index contributed by atoms with van der Waals surface area (Å²) in [5.74, 6) is -1.08. The van der Waals surface area contributed by atoms with Gasteiger partial charge < -0.3 is 20.9 Å². The maximum Gasteiger partial charge on any atom is 0.322 e. The van der Waals surface area contributed by atoms with E-state index < -0.39 is 23.5 Å². The number of amides is 5. The summed E-state index contributed by atoms with van der Waals surface area (Å²) < 4.78 is 0. The molecule has 1 aromatic heterocycles. The number of para-hydroxylation sites is 1. The van der Waals surface area contributed by atoms with Crippen LogP contribution in [0.5, 0.6) is 0 Å². The summed E-state index contributed by atoms with van der Waals surface area (Å²) in [6.07, 6.45) is 2.13. The molecular formula is C30H32N6O4. The molecule has 4 N–H and O–H groups in total. The molecule has 10 nitrogen and oxygen atoms in total. The monoisotopic (exact) mass is 540 g/mol. The third kappa shape index (κ3) is 4.79. The number of nitrogens with zero attached hydrogens (tertiary/aromatic N) is 2. The fraction of sp³-hybridized carbons (Fsp3) is 0.367. The van der Waals surface area contributed by atoms with Gasteiger partial charge in [-0.05, 0) is 74.7 Å². The molecule has 3 saturated heterocycles. The Kier molecular flexibility index (Phi) is 6.71. The molecular weight excluding hydrogens is 508 g/mol. The van der Waals surface area contributed by atoms with Crippen molar-refractivity contribution < 1.29 is 19.2 Å². The number of nitrogens with one attached hydrogen (secondary N) is 4.